The minimum atomic E-state index is -1.58. The van der Waals surface area contributed by atoms with Crippen LogP contribution in [-0.4, -0.2) is 100 Å². The van der Waals surface area contributed by atoms with Crippen LogP contribution in [0.1, 0.15) is 316 Å². The molecule has 0 saturated carbocycles. The maximum absolute atomic E-state index is 13.0. The van der Waals surface area contributed by atoms with Gasteiger partial charge in [0.25, 0.3) is 0 Å². The topological polar surface area (TPSA) is 175 Å². The molecular weight excluding hydrogens is 1000 g/mol. The summed E-state index contributed by atoms with van der Waals surface area (Å²) in [4.78, 5) is 25.1. The van der Waals surface area contributed by atoms with E-state index in [1.807, 2.05) is 6.08 Å². The lowest BCUT2D eigenvalue weighted by Crippen LogP contribution is -2.60. The van der Waals surface area contributed by atoms with Crippen molar-refractivity contribution in [2.75, 3.05) is 19.8 Å². The van der Waals surface area contributed by atoms with Gasteiger partial charge in [0.2, 0.25) is 5.91 Å². The molecule has 1 rings (SSSR count). The first-order valence-electron chi connectivity index (χ1n) is 33.9. The SMILES string of the molecule is CCCCC/C=C/CC/C=C/C(O)C(COC1OC(CO)C(O)C(O)C1O)NC(=O)CCCCCCCCCCCC/C=C\CCCCCCCCCCCCCCOC(=O)CCCCCCCCC/C=C\CCCCCCCC. The van der Waals surface area contributed by atoms with Crippen LogP contribution in [0.5, 0.6) is 0 Å². The smallest absolute Gasteiger partial charge is 0.305 e. The minimum Gasteiger partial charge on any atom is -0.466 e. The Kier molecular flexibility index (Phi) is 55.2. The molecular formula is C69H127NO10. The standard InChI is InChI=1S/C69H127NO10/c1-3-5-7-9-11-13-14-15-16-27-31-34-37-41-45-49-53-57-65(74)78-58-54-50-46-42-38-35-32-29-26-24-22-20-18-17-19-21-23-25-28-30-33-36-40-44-48-52-56-64(73)70-61(62(72)55-51-47-43-39-12-10-8-6-4-2)60-79-69-68(77)67(76)66(75)63(59-71)80-69/h12,15-17,19,39,51,55,61-63,66-69,71-72,75-77H,3-11,13-14,18,20-38,40-50,52-54,56-60H2,1-2H3,(H,70,73)/b16-15-,19-17-,39-12+,55-51+. The number of ether oxygens (including phenoxy) is 3. The highest BCUT2D eigenvalue weighted by molar-refractivity contribution is 5.76. The number of amides is 1. The van der Waals surface area contributed by atoms with Gasteiger partial charge < -0.3 is 45.1 Å². The summed E-state index contributed by atoms with van der Waals surface area (Å²) in [5.41, 5.74) is 0. The van der Waals surface area contributed by atoms with Crippen molar-refractivity contribution in [3.63, 3.8) is 0 Å². The monoisotopic (exact) mass is 1130 g/mol. The molecule has 0 radical (unpaired) electrons. The number of aliphatic hydroxyl groups is 5. The Labute approximate surface area is 491 Å². The quantitative estimate of drug-likeness (QED) is 0.0195. The molecule has 1 aliphatic rings. The van der Waals surface area contributed by atoms with Crippen LogP contribution < -0.4 is 5.32 Å². The average molecular weight is 1130 g/mol. The highest BCUT2D eigenvalue weighted by atomic mass is 16.7. The lowest BCUT2D eigenvalue weighted by Gasteiger charge is -2.40. The van der Waals surface area contributed by atoms with Crippen molar-refractivity contribution in [1.82, 2.24) is 5.32 Å². The molecule has 1 fully saturated rings. The van der Waals surface area contributed by atoms with Gasteiger partial charge in [-0.1, -0.05) is 255 Å². The van der Waals surface area contributed by atoms with Crippen molar-refractivity contribution in [2.45, 2.75) is 358 Å². The molecule has 11 nitrogen and oxygen atoms in total. The number of unbranched alkanes of at least 4 members (excludes halogenated alkanes) is 39. The van der Waals surface area contributed by atoms with Gasteiger partial charge in [-0.3, -0.25) is 9.59 Å². The summed E-state index contributed by atoms with van der Waals surface area (Å²) in [5.74, 6) is -0.196. The van der Waals surface area contributed by atoms with Crippen molar-refractivity contribution in [1.29, 1.82) is 0 Å². The van der Waals surface area contributed by atoms with Crippen molar-refractivity contribution >= 4 is 11.9 Å². The van der Waals surface area contributed by atoms with Gasteiger partial charge in [0.05, 0.1) is 32.0 Å². The molecule has 7 atom stereocenters. The fourth-order valence-corrected chi connectivity index (χ4v) is 10.5. The molecule has 0 spiro atoms. The van der Waals surface area contributed by atoms with Gasteiger partial charge in [0.1, 0.15) is 24.4 Å². The molecule has 1 amide bonds. The number of hydrogen-bond acceptors (Lipinski definition) is 10. The maximum atomic E-state index is 13.0. The summed E-state index contributed by atoms with van der Waals surface area (Å²) in [7, 11) is 0. The summed E-state index contributed by atoms with van der Waals surface area (Å²) < 4.78 is 16.7. The summed E-state index contributed by atoms with van der Waals surface area (Å²) in [5, 5.41) is 54.2. The number of aliphatic hydroxyl groups excluding tert-OH is 5. The molecule has 1 saturated heterocycles. The van der Waals surface area contributed by atoms with Crippen LogP contribution >= 0.6 is 0 Å². The van der Waals surface area contributed by atoms with E-state index in [1.165, 1.54) is 231 Å². The van der Waals surface area contributed by atoms with E-state index in [0.717, 1.165) is 57.8 Å². The van der Waals surface area contributed by atoms with Gasteiger partial charge >= 0.3 is 5.97 Å². The molecule has 6 N–H and O–H groups in total. The van der Waals surface area contributed by atoms with Crippen molar-refractivity contribution < 1.29 is 49.3 Å². The number of rotatable bonds is 59. The fraction of sp³-hybridized carbons (Fsp3) is 0.855. The first-order valence-corrected chi connectivity index (χ1v) is 33.9. The van der Waals surface area contributed by atoms with E-state index in [9.17, 15) is 35.1 Å². The van der Waals surface area contributed by atoms with E-state index in [4.69, 9.17) is 14.2 Å². The van der Waals surface area contributed by atoms with Gasteiger partial charge in [-0.15, -0.1) is 0 Å². The predicted molar refractivity (Wildman–Crippen MR) is 334 cm³/mol. The number of carbonyl (C=O) groups excluding carboxylic acids is 2. The average Bonchev–Trinajstić information content (AvgIpc) is 3.46. The van der Waals surface area contributed by atoms with Crippen LogP contribution in [0.15, 0.2) is 48.6 Å². The van der Waals surface area contributed by atoms with E-state index in [-0.39, 0.29) is 18.5 Å². The number of nitrogens with one attached hydrogen (secondary N) is 1. The molecule has 80 heavy (non-hydrogen) atoms. The molecule has 0 aliphatic carbocycles. The zero-order valence-corrected chi connectivity index (χ0v) is 51.8. The number of allylic oxidation sites excluding steroid dienone is 7. The van der Waals surface area contributed by atoms with Crippen LogP contribution in [0.2, 0.25) is 0 Å². The zero-order chi connectivity index (χ0) is 58.0. The molecule has 0 aromatic heterocycles. The fourth-order valence-electron chi connectivity index (χ4n) is 10.5. The van der Waals surface area contributed by atoms with Gasteiger partial charge in [-0.2, -0.15) is 0 Å². The van der Waals surface area contributed by atoms with Gasteiger partial charge in [0, 0.05) is 12.8 Å². The lowest BCUT2D eigenvalue weighted by atomic mass is 9.99. The van der Waals surface area contributed by atoms with Crippen LogP contribution in [-0.2, 0) is 23.8 Å². The van der Waals surface area contributed by atoms with Gasteiger partial charge in [0.15, 0.2) is 6.29 Å². The Morgan fingerprint density at radius 1 is 0.450 bits per heavy atom. The maximum Gasteiger partial charge on any atom is 0.305 e. The largest absolute Gasteiger partial charge is 0.466 e. The Morgan fingerprint density at radius 3 is 1.26 bits per heavy atom. The molecule has 1 aliphatic heterocycles. The molecule has 0 aromatic rings. The second kappa shape index (κ2) is 58.4. The Bertz CT molecular complexity index is 1470. The molecule has 0 bridgehead atoms. The highest BCUT2D eigenvalue weighted by Gasteiger charge is 2.44. The first-order chi connectivity index (χ1) is 39.2. The van der Waals surface area contributed by atoms with Crippen molar-refractivity contribution in [2.24, 2.45) is 0 Å². The van der Waals surface area contributed by atoms with Crippen LogP contribution in [0.3, 0.4) is 0 Å². The van der Waals surface area contributed by atoms with Crippen molar-refractivity contribution in [3.8, 4) is 0 Å². The lowest BCUT2D eigenvalue weighted by molar-refractivity contribution is -0.302. The van der Waals surface area contributed by atoms with E-state index in [1.54, 1.807) is 6.08 Å². The Hall–Kier alpha value is -2.38. The summed E-state index contributed by atoms with van der Waals surface area (Å²) >= 11 is 0. The third-order valence-corrected chi connectivity index (χ3v) is 15.9. The Morgan fingerprint density at radius 2 is 0.812 bits per heavy atom. The second-order valence-corrected chi connectivity index (χ2v) is 23.5. The van der Waals surface area contributed by atoms with Crippen molar-refractivity contribution in [3.05, 3.63) is 48.6 Å². The second-order valence-electron chi connectivity index (χ2n) is 23.5. The predicted octanol–water partition coefficient (Wildman–Crippen LogP) is 16.8. The first kappa shape index (κ1) is 75.6. The zero-order valence-electron chi connectivity index (χ0n) is 51.8. The van der Waals surface area contributed by atoms with E-state index in [2.05, 4.69) is 55.6 Å². The molecule has 7 unspecified atom stereocenters. The molecule has 0 aromatic carbocycles. The number of carbonyl (C=O) groups is 2. The van der Waals surface area contributed by atoms with Gasteiger partial charge in [-0.05, 0) is 96.3 Å². The normalized spacial score (nSPS) is 18.6. The summed E-state index contributed by atoms with van der Waals surface area (Å²) in [6.45, 7) is 4.28. The van der Waals surface area contributed by atoms with Crippen LogP contribution in [0, 0.1) is 0 Å². The van der Waals surface area contributed by atoms with E-state index < -0.39 is 49.5 Å². The molecule has 11 heteroatoms. The van der Waals surface area contributed by atoms with Crippen LogP contribution in [0.25, 0.3) is 0 Å². The van der Waals surface area contributed by atoms with Gasteiger partial charge in [-0.25, -0.2) is 0 Å². The third kappa shape index (κ3) is 47.0. The summed E-state index contributed by atoms with van der Waals surface area (Å²) in [6, 6.07) is -0.828. The molecule has 468 valence electrons. The number of esters is 1. The third-order valence-electron chi connectivity index (χ3n) is 15.9. The highest BCUT2D eigenvalue weighted by Crippen LogP contribution is 2.23. The summed E-state index contributed by atoms with van der Waals surface area (Å²) in [6.07, 6.45) is 65.4. The van der Waals surface area contributed by atoms with Crippen LogP contribution in [0.4, 0.5) is 0 Å². The molecule has 1 heterocycles. The minimum absolute atomic E-state index is 0.000445. The Balaban J connectivity index is 1.94. The van der Waals surface area contributed by atoms with E-state index >= 15 is 0 Å². The number of hydrogen-bond donors (Lipinski definition) is 6. The van der Waals surface area contributed by atoms with E-state index in [0.29, 0.717) is 19.4 Å².